The summed E-state index contributed by atoms with van der Waals surface area (Å²) in [6.07, 6.45) is 8.51. The lowest BCUT2D eigenvalue weighted by molar-refractivity contribution is -0.137. The molecular weight excluding hydrogens is 445 g/mol. The summed E-state index contributed by atoms with van der Waals surface area (Å²) in [5, 5.41) is 6.45. The van der Waals surface area contributed by atoms with Crippen molar-refractivity contribution >= 4 is 34.7 Å². The second kappa shape index (κ2) is 10.2. The molecule has 5 rings (SSSR count). The number of halogens is 1. The zero-order valence-electron chi connectivity index (χ0n) is 20.5. The second-order valence-electron chi connectivity index (χ2n) is 10.0. The number of amides is 1. The molecule has 0 unspecified atom stereocenters. The topological polar surface area (TPSA) is 88.0 Å². The SMILES string of the molecule is CC(C)Nc1ncc2nc(Nc3ccccc3F)n([C@H]3CC[C@@H](C(=O)N4CCCCC4)CC3)c2n1. The number of hydrogen-bond acceptors (Lipinski definition) is 6. The molecule has 2 aromatic heterocycles. The molecule has 9 heteroatoms. The van der Waals surface area contributed by atoms with E-state index in [2.05, 4.69) is 25.1 Å². The van der Waals surface area contributed by atoms with E-state index in [1.165, 1.54) is 12.5 Å². The number of likely N-dealkylation sites (tertiary alicyclic amines) is 1. The summed E-state index contributed by atoms with van der Waals surface area (Å²) < 4.78 is 16.5. The molecule has 0 atom stereocenters. The fourth-order valence-electron chi connectivity index (χ4n) is 5.29. The third kappa shape index (κ3) is 5.09. The van der Waals surface area contributed by atoms with Gasteiger partial charge in [0.05, 0.1) is 11.9 Å². The molecule has 1 aromatic carbocycles. The van der Waals surface area contributed by atoms with Gasteiger partial charge in [0.15, 0.2) is 5.65 Å². The van der Waals surface area contributed by atoms with Crippen LogP contribution in [0.1, 0.15) is 64.8 Å². The highest BCUT2D eigenvalue weighted by atomic mass is 19.1. The normalized spacial score (nSPS) is 20.9. The van der Waals surface area contributed by atoms with Gasteiger partial charge in [0.1, 0.15) is 11.3 Å². The Hall–Kier alpha value is -3.23. The van der Waals surface area contributed by atoms with E-state index < -0.39 is 0 Å². The monoisotopic (exact) mass is 479 g/mol. The average molecular weight is 480 g/mol. The summed E-state index contributed by atoms with van der Waals surface area (Å²) >= 11 is 0. The average Bonchev–Trinajstić information content (AvgIpc) is 3.22. The standard InChI is InChI=1S/C26H34FN7O/c1-17(2)29-25-28-16-22-23(32-25)34(26(31-22)30-21-9-5-4-8-20(21)27)19-12-10-18(11-13-19)24(35)33-14-6-3-7-15-33/h4-5,8-9,16-19H,3,6-7,10-15H2,1-2H3,(H,30,31)(H,28,29,32)/t18-,19+. The Bertz CT molecular complexity index is 1180. The van der Waals surface area contributed by atoms with Crippen molar-refractivity contribution in [2.24, 2.45) is 5.92 Å². The first-order valence-electron chi connectivity index (χ1n) is 12.8. The summed E-state index contributed by atoms with van der Waals surface area (Å²) in [6.45, 7) is 5.86. The largest absolute Gasteiger partial charge is 0.352 e. The van der Waals surface area contributed by atoms with Gasteiger partial charge in [0.2, 0.25) is 17.8 Å². The third-order valence-electron chi connectivity index (χ3n) is 7.05. The van der Waals surface area contributed by atoms with Crippen LogP contribution >= 0.6 is 0 Å². The highest BCUT2D eigenvalue weighted by molar-refractivity contribution is 5.79. The van der Waals surface area contributed by atoms with Gasteiger partial charge in [0.25, 0.3) is 0 Å². The van der Waals surface area contributed by atoms with E-state index in [9.17, 15) is 9.18 Å². The molecule has 186 valence electrons. The summed E-state index contributed by atoms with van der Waals surface area (Å²) in [7, 11) is 0. The minimum absolute atomic E-state index is 0.0786. The number of carbonyl (C=O) groups excluding carboxylic acids is 1. The van der Waals surface area contributed by atoms with Gasteiger partial charge in [-0.3, -0.25) is 9.36 Å². The lowest BCUT2D eigenvalue weighted by Gasteiger charge is -2.34. The molecule has 2 N–H and O–H groups in total. The number of fused-ring (bicyclic) bond motifs is 1. The molecule has 0 radical (unpaired) electrons. The Morgan fingerprint density at radius 1 is 1.06 bits per heavy atom. The van der Waals surface area contributed by atoms with E-state index in [-0.39, 0.29) is 23.8 Å². The summed E-state index contributed by atoms with van der Waals surface area (Å²) in [5.74, 6) is 1.14. The third-order valence-corrected chi connectivity index (χ3v) is 7.05. The fourth-order valence-corrected chi connectivity index (χ4v) is 5.29. The quantitative estimate of drug-likeness (QED) is 0.501. The number of imidazole rings is 1. The first-order valence-corrected chi connectivity index (χ1v) is 12.8. The zero-order valence-corrected chi connectivity index (χ0v) is 20.5. The predicted octanol–water partition coefficient (Wildman–Crippen LogP) is 5.27. The van der Waals surface area contributed by atoms with Gasteiger partial charge in [-0.1, -0.05) is 12.1 Å². The summed E-state index contributed by atoms with van der Waals surface area (Å²) in [6, 6.07) is 6.89. The Morgan fingerprint density at radius 3 is 2.51 bits per heavy atom. The van der Waals surface area contributed by atoms with E-state index in [0.717, 1.165) is 51.6 Å². The number of carbonyl (C=O) groups is 1. The van der Waals surface area contributed by atoms with Gasteiger partial charge >= 0.3 is 0 Å². The van der Waals surface area contributed by atoms with Crippen LogP contribution in [0.3, 0.4) is 0 Å². The molecule has 3 heterocycles. The molecule has 0 spiro atoms. The molecular formula is C26H34FN7O. The Balaban J connectivity index is 1.43. The van der Waals surface area contributed by atoms with E-state index >= 15 is 0 Å². The van der Waals surface area contributed by atoms with E-state index in [4.69, 9.17) is 9.97 Å². The lowest BCUT2D eigenvalue weighted by Crippen LogP contribution is -2.41. The highest BCUT2D eigenvalue weighted by Gasteiger charge is 2.32. The van der Waals surface area contributed by atoms with Crippen LogP contribution in [0.2, 0.25) is 0 Å². The van der Waals surface area contributed by atoms with E-state index in [1.807, 2.05) is 13.8 Å². The zero-order chi connectivity index (χ0) is 24.4. The number of nitrogens with one attached hydrogen (secondary N) is 2. The molecule has 1 saturated heterocycles. The van der Waals surface area contributed by atoms with Gasteiger partial charge in [-0.25, -0.2) is 14.4 Å². The molecule has 1 saturated carbocycles. The number of benzene rings is 1. The van der Waals surface area contributed by atoms with Gasteiger partial charge in [-0.15, -0.1) is 0 Å². The van der Waals surface area contributed by atoms with Gasteiger partial charge in [-0.2, -0.15) is 4.98 Å². The van der Waals surface area contributed by atoms with Crippen LogP contribution in [0.15, 0.2) is 30.5 Å². The molecule has 2 fully saturated rings. The minimum Gasteiger partial charge on any atom is -0.352 e. The van der Waals surface area contributed by atoms with Gasteiger partial charge in [-0.05, 0) is 70.9 Å². The van der Waals surface area contributed by atoms with Crippen molar-refractivity contribution in [3.8, 4) is 0 Å². The van der Waals surface area contributed by atoms with Crippen molar-refractivity contribution in [2.45, 2.75) is 70.9 Å². The maximum atomic E-state index is 14.4. The van der Waals surface area contributed by atoms with Crippen molar-refractivity contribution in [3.05, 3.63) is 36.3 Å². The maximum Gasteiger partial charge on any atom is 0.225 e. The van der Waals surface area contributed by atoms with Gasteiger partial charge < -0.3 is 15.5 Å². The highest BCUT2D eigenvalue weighted by Crippen LogP contribution is 2.38. The molecule has 8 nitrogen and oxygen atoms in total. The van der Waals surface area contributed by atoms with Crippen molar-refractivity contribution in [3.63, 3.8) is 0 Å². The maximum absolute atomic E-state index is 14.4. The molecule has 3 aromatic rings. The summed E-state index contributed by atoms with van der Waals surface area (Å²) in [5.41, 5.74) is 1.74. The van der Waals surface area contributed by atoms with Crippen molar-refractivity contribution in [1.82, 2.24) is 24.4 Å². The number of anilines is 3. The number of rotatable bonds is 6. The number of piperidine rings is 1. The molecule has 1 aliphatic heterocycles. The smallest absolute Gasteiger partial charge is 0.225 e. The van der Waals surface area contributed by atoms with Crippen molar-refractivity contribution in [2.75, 3.05) is 23.7 Å². The molecule has 35 heavy (non-hydrogen) atoms. The fraction of sp³-hybridized carbons (Fsp3) is 0.538. The Kier molecular flexibility index (Phi) is 6.83. The molecule has 1 amide bonds. The first-order chi connectivity index (χ1) is 17.0. The first kappa shape index (κ1) is 23.5. The van der Waals surface area contributed by atoms with Crippen LogP contribution < -0.4 is 10.6 Å². The lowest BCUT2D eigenvalue weighted by atomic mass is 9.84. The van der Waals surface area contributed by atoms with Crippen LogP contribution in [-0.2, 0) is 4.79 Å². The number of hydrogen-bond donors (Lipinski definition) is 2. The van der Waals surface area contributed by atoms with Crippen molar-refractivity contribution in [1.29, 1.82) is 0 Å². The number of aromatic nitrogens is 4. The van der Waals surface area contributed by atoms with Crippen LogP contribution in [0, 0.1) is 11.7 Å². The Morgan fingerprint density at radius 2 is 1.80 bits per heavy atom. The molecule has 0 bridgehead atoms. The predicted molar refractivity (Wildman–Crippen MR) is 135 cm³/mol. The molecule has 2 aliphatic rings. The van der Waals surface area contributed by atoms with Crippen LogP contribution in [-0.4, -0.2) is 49.5 Å². The Labute approximate surface area is 205 Å². The van der Waals surface area contributed by atoms with Gasteiger partial charge in [0, 0.05) is 31.1 Å². The molecule has 1 aliphatic carbocycles. The van der Waals surface area contributed by atoms with Crippen LogP contribution in [0.4, 0.5) is 22.0 Å². The number of nitrogens with zero attached hydrogens (tertiary/aromatic N) is 5. The number of para-hydroxylation sites is 1. The summed E-state index contributed by atoms with van der Waals surface area (Å²) in [4.78, 5) is 29.0. The second-order valence-corrected chi connectivity index (χ2v) is 10.0. The van der Waals surface area contributed by atoms with Crippen molar-refractivity contribution < 1.29 is 9.18 Å². The van der Waals surface area contributed by atoms with Crippen LogP contribution in [0.25, 0.3) is 11.2 Å². The van der Waals surface area contributed by atoms with Crippen LogP contribution in [0.5, 0.6) is 0 Å². The minimum atomic E-state index is -0.338. The van der Waals surface area contributed by atoms with E-state index in [0.29, 0.717) is 34.7 Å². The van der Waals surface area contributed by atoms with E-state index in [1.54, 1.807) is 24.4 Å².